The van der Waals surface area contributed by atoms with E-state index in [1.54, 1.807) is 16.7 Å². The number of rotatable bonds is 3. The van der Waals surface area contributed by atoms with E-state index in [0.29, 0.717) is 25.4 Å². The first kappa shape index (κ1) is 15.1. The van der Waals surface area contributed by atoms with Crippen LogP contribution in [0.15, 0.2) is 0 Å². The molecule has 1 aliphatic heterocycles. The van der Waals surface area contributed by atoms with Crippen LogP contribution < -0.4 is 0 Å². The monoisotopic (exact) mass is 282 g/mol. The Balaban J connectivity index is 1.92. The quantitative estimate of drug-likeness (QED) is 0.864. The predicted octanol–water partition coefficient (Wildman–Crippen LogP) is 2.42. The Morgan fingerprint density at radius 2 is 1.95 bits per heavy atom. The summed E-state index contributed by atoms with van der Waals surface area (Å²) in [7, 11) is 1.84. The molecule has 1 N–H and O–H groups in total. The van der Waals surface area contributed by atoms with Gasteiger partial charge in [-0.3, -0.25) is 4.79 Å². The fourth-order valence-electron chi connectivity index (χ4n) is 3.48. The van der Waals surface area contributed by atoms with Crippen LogP contribution in [0.3, 0.4) is 0 Å². The summed E-state index contributed by atoms with van der Waals surface area (Å²) < 4.78 is 0. The molecule has 1 atom stereocenters. The average molecular weight is 282 g/mol. The number of likely N-dealkylation sites (tertiary alicyclic amines) is 1. The first-order valence-electron chi connectivity index (χ1n) is 7.66. The maximum absolute atomic E-state index is 12.5. The van der Waals surface area contributed by atoms with Crippen molar-refractivity contribution in [3.63, 3.8) is 0 Å². The first-order chi connectivity index (χ1) is 9.42. The third kappa shape index (κ3) is 3.25. The third-order valence-corrected chi connectivity index (χ3v) is 4.82. The van der Waals surface area contributed by atoms with Crippen molar-refractivity contribution >= 4 is 12.0 Å². The molecule has 2 rings (SSSR count). The van der Waals surface area contributed by atoms with Crippen molar-refractivity contribution < 1.29 is 14.7 Å². The van der Waals surface area contributed by atoms with Gasteiger partial charge in [0.25, 0.3) is 0 Å². The number of piperidine rings is 1. The Morgan fingerprint density at radius 1 is 1.30 bits per heavy atom. The van der Waals surface area contributed by atoms with Crippen molar-refractivity contribution in [1.82, 2.24) is 9.80 Å². The Bertz CT molecular complexity index is 379. The number of carbonyl (C=O) groups excluding carboxylic acids is 1. The van der Waals surface area contributed by atoms with Gasteiger partial charge in [0.15, 0.2) is 0 Å². The molecule has 1 heterocycles. The van der Waals surface area contributed by atoms with E-state index in [1.165, 1.54) is 25.7 Å². The highest BCUT2D eigenvalue weighted by Gasteiger charge is 2.40. The number of carboxylic acids is 1. The van der Waals surface area contributed by atoms with Crippen molar-refractivity contribution in [1.29, 1.82) is 0 Å². The van der Waals surface area contributed by atoms with Gasteiger partial charge in [-0.25, -0.2) is 4.79 Å². The van der Waals surface area contributed by atoms with E-state index in [2.05, 4.69) is 0 Å². The number of hydrogen-bond donors (Lipinski definition) is 1. The molecule has 2 fully saturated rings. The van der Waals surface area contributed by atoms with Gasteiger partial charge >= 0.3 is 12.0 Å². The average Bonchev–Trinajstić information content (AvgIpc) is 2.90. The normalized spacial score (nSPS) is 27.6. The minimum Gasteiger partial charge on any atom is -0.481 e. The molecule has 5 heteroatoms. The van der Waals surface area contributed by atoms with Crippen molar-refractivity contribution in [3.05, 3.63) is 0 Å². The highest BCUT2D eigenvalue weighted by Crippen LogP contribution is 2.30. The molecule has 0 radical (unpaired) electrons. The second-order valence-corrected chi connectivity index (χ2v) is 6.70. The number of carboxylic acid groups (broad SMARTS) is 1. The Kier molecular flexibility index (Phi) is 4.55. The van der Waals surface area contributed by atoms with Gasteiger partial charge in [0.2, 0.25) is 0 Å². The number of urea groups is 1. The SMILES string of the molecule is CN(CC1CCCC1)C(=O)N1CCCC(C)(C(=O)O)C1. The molecule has 2 amide bonds. The summed E-state index contributed by atoms with van der Waals surface area (Å²) in [6, 6.07) is -0.0101. The molecule has 0 spiro atoms. The second kappa shape index (κ2) is 6.02. The van der Waals surface area contributed by atoms with E-state index in [4.69, 9.17) is 0 Å². The van der Waals surface area contributed by atoms with E-state index in [-0.39, 0.29) is 6.03 Å². The topological polar surface area (TPSA) is 60.9 Å². The number of carbonyl (C=O) groups is 2. The van der Waals surface area contributed by atoms with Crippen LogP contribution in [-0.4, -0.2) is 53.6 Å². The smallest absolute Gasteiger partial charge is 0.319 e. The van der Waals surface area contributed by atoms with Crippen LogP contribution in [0.2, 0.25) is 0 Å². The number of amides is 2. The number of hydrogen-bond acceptors (Lipinski definition) is 2. The van der Waals surface area contributed by atoms with Crippen LogP contribution in [-0.2, 0) is 4.79 Å². The van der Waals surface area contributed by atoms with Crippen molar-refractivity contribution in [2.24, 2.45) is 11.3 Å². The fraction of sp³-hybridized carbons (Fsp3) is 0.867. The van der Waals surface area contributed by atoms with Crippen LogP contribution in [0.25, 0.3) is 0 Å². The molecule has 0 aromatic carbocycles. The number of aliphatic carboxylic acids is 1. The largest absolute Gasteiger partial charge is 0.481 e. The summed E-state index contributed by atoms with van der Waals surface area (Å²) in [5.41, 5.74) is -0.790. The zero-order chi connectivity index (χ0) is 14.8. The Labute approximate surface area is 120 Å². The minimum atomic E-state index is -0.798. The van der Waals surface area contributed by atoms with E-state index >= 15 is 0 Å². The minimum absolute atomic E-state index is 0.0101. The Morgan fingerprint density at radius 3 is 2.55 bits per heavy atom. The van der Waals surface area contributed by atoms with Crippen molar-refractivity contribution in [2.75, 3.05) is 26.7 Å². The molecule has 2 aliphatic rings. The summed E-state index contributed by atoms with van der Waals surface area (Å²) in [6.07, 6.45) is 6.39. The van der Waals surface area contributed by atoms with Gasteiger partial charge in [-0.1, -0.05) is 12.8 Å². The summed E-state index contributed by atoms with van der Waals surface area (Å²) in [4.78, 5) is 27.3. The lowest BCUT2D eigenvalue weighted by Gasteiger charge is -2.39. The lowest BCUT2D eigenvalue weighted by molar-refractivity contribution is -0.150. The lowest BCUT2D eigenvalue weighted by Crippen LogP contribution is -2.52. The van der Waals surface area contributed by atoms with E-state index in [0.717, 1.165) is 13.0 Å². The maximum Gasteiger partial charge on any atom is 0.319 e. The highest BCUT2D eigenvalue weighted by molar-refractivity contribution is 5.78. The molecule has 1 saturated carbocycles. The first-order valence-corrected chi connectivity index (χ1v) is 7.66. The highest BCUT2D eigenvalue weighted by atomic mass is 16.4. The van der Waals surface area contributed by atoms with Gasteiger partial charge in [-0.2, -0.15) is 0 Å². The lowest BCUT2D eigenvalue weighted by atomic mass is 9.82. The van der Waals surface area contributed by atoms with Gasteiger partial charge in [-0.05, 0) is 38.5 Å². The Hall–Kier alpha value is -1.26. The maximum atomic E-state index is 12.5. The van der Waals surface area contributed by atoms with Crippen LogP contribution in [0.1, 0.15) is 45.4 Å². The number of nitrogens with zero attached hydrogens (tertiary/aromatic N) is 2. The van der Waals surface area contributed by atoms with Crippen LogP contribution >= 0.6 is 0 Å². The van der Waals surface area contributed by atoms with Gasteiger partial charge in [0.1, 0.15) is 0 Å². The predicted molar refractivity (Wildman–Crippen MR) is 76.5 cm³/mol. The van der Waals surface area contributed by atoms with Gasteiger partial charge in [-0.15, -0.1) is 0 Å². The van der Waals surface area contributed by atoms with Crippen molar-refractivity contribution in [2.45, 2.75) is 45.4 Å². The van der Waals surface area contributed by atoms with E-state index in [9.17, 15) is 14.7 Å². The molecule has 20 heavy (non-hydrogen) atoms. The molecule has 5 nitrogen and oxygen atoms in total. The zero-order valence-corrected chi connectivity index (χ0v) is 12.6. The molecule has 1 aliphatic carbocycles. The van der Waals surface area contributed by atoms with E-state index in [1.807, 2.05) is 7.05 Å². The third-order valence-electron chi connectivity index (χ3n) is 4.82. The van der Waals surface area contributed by atoms with Crippen molar-refractivity contribution in [3.8, 4) is 0 Å². The summed E-state index contributed by atoms with van der Waals surface area (Å²) in [6.45, 7) is 3.55. The van der Waals surface area contributed by atoms with E-state index < -0.39 is 11.4 Å². The molecular formula is C15H26N2O3. The van der Waals surface area contributed by atoms with Gasteiger partial charge in [0.05, 0.1) is 5.41 Å². The molecule has 0 bridgehead atoms. The molecule has 1 unspecified atom stereocenters. The molecule has 114 valence electrons. The molecule has 1 saturated heterocycles. The summed E-state index contributed by atoms with van der Waals surface area (Å²) in [5.74, 6) is -0.173. The van der Waals surface area contributed by atoms with Gasteiger partial charge < -0.3 is 14.9 Å². The molecule has 0 aromatic rings. The molecular weight excluding hydrogens is 256 g/mol. The van der Waals surface area contributed by atoms with Gasteiger partial charge in [0, 0.05) is 26.7 Å². The van der Waals surface area contributed by atoms with Crippen LogP contribution in [0.4, 0.5) is 4.79 Å². The van der Waals surface area contributed by atoms with Crippen LogP contribution in [0.5, 0.6) is 0 Å². The van der Waals surface area contributed by atoms with Crippen LogP contribution in [0, 0.1) is 11.3 Å². The standard InChI is InChI=1S/C15H26N2O3/c1-15(13(18)19)8-5-9-17(11-15)14(20)16(2)10-12-6-3-4-7-12/h12H,3-11H2,1-2H3,(H,18,19). The summed E-state index contributed by atoms with van der Waals surface area (Å²) >= 11 is 0. The molecule has 0 aromatic heterocycles. The fourth-order valence-corrected chi connectivity index (χ4v) is 3.48. The zero-order valence-electron chi connectivity index (χ0n) is 12.6. The summed E-state index contributed by atoms with van der Waals surface area (Å²) in [5, 5.41) is 9.31. The second-order valence-electron chi connectivity index (χ2n) is 6.70.